The Balaban J connectivity index is 1.97. The molecule has 2 amide bonds. The SMILES string of the molecule is CCCCCC(=O)Nc1nc2c(s1)C[C@@H]1[C@](C)(CO)[C@H](O)CC[C@@]1(C)[C@@H]2CC(=O)N(CC)CC. The number of hydrogen-bond acceptors (Lipinski definition) is 6. The fraction of sp³-hybridized carbons (Fsp3) is 0.808. The quantitative estimate of drug-likeness (QED) is 0.421. The van der Waals surface area contributed by atoms with Crippen LogP contribution in [0, 0.1) is 16.7 Å². The van der Waals surface area contributed by atoms with Crippen molar-refractivity contribution in [3.05, 3.63) is 10.6 Å². The van der Waals surface area contributed by atoms with Crippen LogP contribution in [0.5, 0.6) is 0 Å². The Morgan fingerprint density at radius 1 is 1.21 bits per heavy atom. The molecule has 1 saturated carbocycles. The topological polar surface area (TPSA) is 103 Å². The van der Waals surface area contributed by atoms with Crippen molar-refractivity contribution in [1.82, 2.24) is 9.88 Å². The van der Waals surface area contributed by atoms with Gasteiger partial charge in [0.1, 0.15) is 0 Å². The van der Waals surface area contributed by atoms with Crippen LogP contribution in [0.2, 0.25) is 0 Å². The lowest BCUT2D eigenvalue weighted by molar-refractivity contribution is -0.147. The highest BCUT2D eigenvalue weighted by atomic mass is 32.1. The number of amides is 2. The van der Waals surface area contributed by atoms with Gasteiger partial charge in [-0.25, -0.2) is 4.98 Å². The summed E-state index contributed by atoms with van der Waals surface area (Å²) in [5.41, 5.74) is 0.00220. The van der Waals surface area contributed by atoms with Crippen LogP contribution in [-0.2, 0) is 16.0 Å². The first-order valence-electron chi connectivity index (χ1n) is 13.0. The summed E-state index contributed by atoms with van der Waals surface area (Å²) in [6, 6.07) is 0. The number of anilines is 1. The Kier molecular flexibility index (Phi) is 8.80. The minimum Gasteiger partial charge on any atom is -0.396 e. The molecule has 2 aliphatic carbocycles. The summed E-state index contributed by atoms with van der Waals surface area (Å²) in [4.78, 5) is 33.5. The van der Waals surface area contributed by atoms with Gasteiger partial charge in [0.2, 0.25) is 11.8 Å². The molecule has 0 aliphatic heterocycles. The highest BCUT2D eigenvalue weighted by molar-refractivity contribution is 7.15. The molecule has 1 aromatic heterocycles. The molecule has 34 heavy (non-hydrogen) atoms. The Labute approximate surface area is 208 Å². The number of aromatic nitrogens is 1. The van der Waals surface area contributed by atoms with Crippen molar-refractivity contribution in [1.29, 1.82) is 0 Å². The van der Waals surface area contributed by atoms with Crippen LogP contribution in [-0.4, -0.2) is 57.7 Å². The maximum Gasteiger partial charge on any atom is 0.226 e. The predicted octanol–water partition coefficient (Wildman–Crippen LogP) is 4.34. The van der Waals surface area contributed by atoms with Crippen molar-refractivity contribution >= 4 is 28.3 Å². The number of nitrogens with one attached hydrogen (secondary N) is 1. The number of nitrogens with zero attached hydrogens (tertiary/aromatic N) is 2. The number of hydrogen-bond donors (Lipinski definition) is 3. The summed E-state index contributed by atoms with van der Waals surface area (Å²) in [5.74, 6) is -0.00797. The fourth-order valence-electron chi connectivity index (χ4n) is 6.30. The molecular weight excluding hydrogens is 450 g/mol. The second-order valence-corrected chi connectivity index (χ2v) is 11.7. The molecule has 1 aromatic rings. The number of aliphatic hydroxyl groups is 2. The van der Waals surface area contributed by atoms with Gasteiger partial charge in [-0.05, 0) is 50.9 Å². The summed E-state index contributed by atoms with van der Waals surface area (Å²) >= 11 is 1.49. The third-order valence-electron chi connectivity index (χ3n) is 8.64. The minimum absolute atomic E-state index is 0.0179. The smallest absolute Gasteiger partial charge is 0.226 e. The maximum absolute atomic E-state index is 13.3. The molecule has 0 aromatic carbocycles. The molecule has 0 spiro atoms. The molecular formula is C26H43N3O4S. The lowest BCUT2D eigenvalue weighted by atomic mass is 9.47. The van der Waals surface area contributed by atoms with Gasteiger partial charge in [0.05, 0.1) is 18.4 Å². The van der Waals surface area contributed by atoms with Crippen LogP contribution in [0.1, 0.15) is 96.1 Å². The van der Waals surface area contributed by atoms with Crippen molar-refractivity contribution in [3.63, 3.8) is 0 Å². The monoisotopic (exact) mass is 493 g/mol. The first-order valence-corrected chi connectivity index (χ1v) is 13.8. The van der Waals surface area contributed by atoms with E-state index in [2.05, 4.69) is 19.2 Å². The van der Waals surface area contributed by atoms with E-state index in [9.17, 15) is 19.8 Å². The summed E-state index contributed by atoms with van der Waals surface area (Å²) < 4.78 is 0. The zero-order chi connectivity index (χ0) is 25.1. The van der Waals surface area contributed by atoms with Crippen LogP contribution >= 0.6 is 11.3 Å². The van der Waals surface area contributed by atoms with Crippen molar-refractivity contribution in [2.75, 3.05) is 25.0 Å². The van der Waals surface area contributed by atoms with Gasteiger partial charge in [-0.3, -0.25) is 9.59 Å². The van der Waals surface area contributed by atoms with E-state index in [0.717, 1.165) is 36.3 Å². The van der Waals surface area contributed by atoms with Crippen LogP contribution in [0.4, 0.5) is 5.13 Å². The Morgan fingerprint density at radius 3 is 2.53 bits per heavy atom. The molecule has 0 saturated heterocycles. The van der Waals surface area contributed by atoms with Gasteiger partial charge in [-0.1, -0.05) is 33.6 Å². The summed E-state index contributed by atoms with van der Waals surface area (Å²) in [6.07, 6.45) is 5.28. The van der Waals surface area contributed by atoms with E-state index >= 15 is 0 Å². The van der Waals surface area contributed by atoms with Gasteiger partial charge >= 0.3 is 0 Å². The van der Waals surface area contributed by atoms with Crippen LogP contribution in [0.25, 0.3) is 0 Å². The van der Waals surface area contributed by atoms with E-state index in [1.54, 1.807) is 0 Å². The van der Waals surface area contributed by atoms with Crippen LogP contribution < -0.4 is 5.32 Å². The second kappa shape index (κ2) is 11.0. The van der Waals surface area contributed by atoms with Crippen molar-refractivity contribution in [2.45, 2.75) is 98.0 Å². The zero-order valence-electron chi connectivity index (χ0n) is 21.5. The van der Waals surface area contributed by atoms with E-state index in [-0.39, 0.29) is 35.7 Å². The first kappa shape index (κ1) is 27.1. The van der Waals surface area contributed by atoms with Crippen molar-refractivity contribution in [2.24, 2.45) is 16.7 Å². The molecule has 2 aliphatic rings. The van der Waals surface area contributed by atoms with Gasteiger partial charge in [-0.2, -0.15) is 0 Å². The van der Waals surface area contributed by atoms with Crippen LogP contribution in [0.15, 0.2) is 0 Å². The lowest BCUT2D eigenvalue weighted by Gasteiger charge is -2.58. The van der Waals surface area contributed by atoms with Gasteiger partial charge in [-0.15, -0.1) is 11.3 Å². The number of aliphatic hydroxyl groups excluding tert-OH is 2. The zero-order valence-corrected chi connectivity index (χ0v) is 22.3. The Bertz CT molecular complexity index is 870. The van der Waals surface area contributed by atoms with Gasteiger partial charge < -0.3 is 20.4 Å². The van der Waals surface area contributed by atoms with Gasteiger partial charge in [0.15, 0.2) is 5.13 Å². The molecule has 0 unspecified atom stereocenters. The molecule has 5 atom stereocenters. The number of carbonyl (C=O) groups is 2. The van der Waals surface area contributed by atoms with Gasteiger partial charge in [0.25, 0.3) is 0 Å². The van der Waals surface area contributed by atoms with E-state index in [0.29, 0.717) is 43.9 Å². The molecule has 0 bridgehead atoms. The van der Waals surface area contributed by atoms with Crippen LogP contribution in [0.3, 0.4) is 0 Å². The summed E-state index contributed by atoms with van der Waals surface area (Å²) in [6.45, 7) is 11.5. The van der Waals surface area contributed by atoms with E-state index in [4.69, 9.17) is 4.98 Å². The molecule has 1 heterocycles. The molecule has 192 valence electrons. The van der Waals surface area contributed by atoms with E-state index in [1.807, 2.05) is 25.7 Å². The molecule has 1 fully saturated rings. The number of fused-ring (bicyclic) bond motifs is 2. The van der Waals surface area contributed by atoms with Gasteiger partial charge in [0, 0.05) is 42.1 Å². The predicted molar refractivity (Wildman–Crippen MR) is 136 cm³/mol. The number of unbranched alkanes of at least 4 members (excludes halogenated alkanes) is 2. The average Bonchev–Trinajstić information content (AvgIpc) is 3.20. The minimum atomic E-state index is -0.644. The molecule has 7 nitrogen and oxygen atoms in total. The molecule has 0 radical (unpaired) electrons. The van der Waals surface area contributed by atoms with E-state index in [1.165, 1.54) is 11.3 Å². The first-order chi connectivity index (χ1) is 16.1. The third-order valence-corrected chi connectivity index (χ3v) is 9.65. The number of thiazole rings is 1. The lowest BCUT2D eigenvalue weighted by Crippen LogP contribution is -2.57. The second-order valence-electron chi connectivity index (χ2n) is 10.6. The highest BCUT2D eigenvalue weighted by Crippen LogP contribution is 2.62. The standard InChI is InChI=1S/C26H43N3O4S/c1-6-9-10-11-21(32)27-24-28-23-17(14-22(33)29(7-2)8-3)25(4)13-12-20(31)26(5,16-30)19(25)15-18(23)34-24/h17,19-20,30-31H,6-16H2,1-5H3,(H,27,28,32)/t17-,19+,20-,25+,26+/m1/s1. The average molecular weight is 494 g/mol. The highest BCUT2D eigenvalue weighted by Gasteiger charge is 2.59. The number of carbonyl (C=O) groups excluding carboxylic acids is 2. The normalized spacial score (nSPS) is 30.4. The van der Waals surface area contributed by atoms with Crippen molar-refractivity contribution < 1.29 is 19.8 Å². The van der Waals surface area contributed by atoms with Crippen molar-refractivity contribution in [3.8, 4) is 0 Å². The fourth-order valence-corrected chi connectivity index (χ4v) is 7.38. The third kappa shape index (κ3) is 5.05. The number of rotatable bonds is 10. The molecule has 3 N–H and O–H groups in total. The summed E-state index contributed by atoms with van der Waals surface area (Å²) in [7, 11) is 0. The maximum atomic E-state index is 13.3. The summed E-state index contributed by atoms with van der Waals surface area (Å²) in [5, 5.41) is 24.8. The Morgan fingerprint density at radius 2 is 1.91 bits per heavy atom. The molecule has 8 heteroatoms. The Hall–Kier alpha value is -1.51. The molecule has 3 rings (SSSR count). The largest absolute Gasteiger partial charge is 0.396 e. The van der Waals surface area contributed by atoms with E-state index < -0.39 is 11.5 Å².